The maximum absolute atomic E-state index is 12.8. The van der Waals surface area contributed by atoms with E-state index in [4.69, 9.17) is 18.0 Å². The molecule has 2 N–H and O–H groups in total. The fraction of sp³-hybridized carbons (Fsp3) is 0.385. The molecule has 0 saturated heterocycles. The summed E-state index contributed by atoms with van der Waals surface area (Å²) in [6, 6.07) is 6.12. The Balaban J connectivity index is 2.68. The van der Waals surface area contributed by atoms with E-state index in [1.165, 1.54) is 12.1 Å². The van der Waals surface area contributed by atoms with Crippen LogP contribution >= 0.6 is 12.2 Å². The summed E-state index contributed by atoms with van der Waals surface area (Å²) in [5, 5.41) is 0. The van der Waals surface area contributed by atoms with E-state index in [9.17, 15) is 9.18 Å². The van der Waals surface area contributed by atoms with Crippen molar-refractivity contribution >= 4 is 23.1 Å². The van der Waals surface area contributed by atoms with E-state index in [1.807, 2.05) is 0 Å². The van der Waals surface area contributed by atoms with Gasteiger partial charge in [-0.25, -0.2) is 4.39 Å². The average molecular weight is 268 g/mol. The lowest BCUT2D eigenvalue weighted by molar-refractivity contribution is -0.131. The van der Waals surface area contributed by atoms with E-state index in [-0.39, 0.29) is 11.7 Å². The van der Waals surface area contributed by atoms with Gasteiger partial charge in [0.25, 0.3) is 0 Å². The second-order valence-corrected chi connectivity index (χ2v) is 4.54. The summed E-state index contributed by atoms with van der Waals surface area (Å²) < 4.78 is 12.8. The number of hydrogen-bond donors (Lipinski definition) is 1. The van der Waals surface area contributed by atoms with Crippen LogP contribution in [0.4, 0.5) is 4.39 Å². The van der Waals surface area contributed by atoms with Crippen molar-refractivity contribution in [3.8, 4) is 0 Å². The number of benzene rings is 1. The summed E-state index contributed by atoms with van der Waals surface area (Å²) in [4.78, 5) is 13.8. The molecule has 0 heterocycles. The molecule has 0 spiro atoms. The van der Waals surface area contributed by atoms with Gasteiger partial charge < -0.3 is 10.6 Å². The molecule has 0 radical (unpaired) electrons. The standard InChI is InChI=1S/C13H17FN2OS/c1-2-13(17)16(8-7-12(15)18)9-10-3-5-11(14)6-4-10/h3-6H,2,7-9H2,1H3,(H2,15,18). The molecule has 1 aromatic rings. The van der Waals surface area contributed by atoms with Crippen LogP contribution in [0, 0.1) is 5.82 Å². The topological polar surface area (TPSA) is 46.3 Å². The van der Waals surface area contributed by atoms with Gasteiger partial charge in [0, 0.05) is 25.9 Å². The number of thiocarbonyl (C=S) groups is 1. The highest BCUT2D eigenvalue weighted by Gasteiger charge is 2.12. The third kappa shape index (κ3) is 4.79. The zero-order valence-electron chi connectivity index (χ0n) is 10.4. The minimum atomic E-state index is -0.282. The van der Waals surface area contributed by atoms with Gasteiger partial charge in [0.15, 0.2) is 0 Å². The molecule has 0 aliphatic heterocycles. The first-order chi connectivity index (χ1) is 8.52. The van der Waals surface area contributed by atoms with Crippen LogP contribution in [0.15, 0.2) is 24.3 Å². The molecule has 0 aliphatic carbocycles. The number of nitrogens with zero attached hydrogens (tertiary/aromatic N) is 1. The summed E-state index contributed by atoms with van der Waals surface area (Å²) >= 11 is 4.81. The number of amides is 1. The van der Waals surface area contributed by atoms with Crippen LogP contribution in [0.5, 0.6) is 0 Å². The SMILES string of the molecule is CCC(=O)N(CCC(N)=S)Cc1ccc(F)cc1. The van der Waals surface area contributed by atoms with E-state index in [0.29, 0.717) is 30.9 Å². The van der Waals surface area contributed by atoms with Gasteiger partial charge in [-0.3, -0.25) is 4.79 Å². The number of nitrogens with two attached hydrogens (primary N) is 1. The van der Waals surface area contributed by atoms with E-state index in [0.717, 1.165) is 5.56 Å². The van der Waals surface area contributed by atoms with Crippen molar-refractivity contribution in [1.29, 1.82) is 0 Å². The number of rotatable bonds is 6. The maximum atomic E-state index is 12.8. The van der Waals surface area contributed by atoms with E-state index < -0.39 is 0 Å². The predicted octanol–water partition coefficient (Wildman–Crippen LogP) is 2.24. The third-order valence-electron chi connectivity index (χ3n) is 2.57. The van der Waals surface area contributed by atoms with Crippen molar-refractivity contribution in [2.45, 2.75) is 26.3 Å². The molecule has 0 aliphatic rings. The normalized spacial score (nSPS) is 10.1. The van der Waals surface area contributed by atoms with Gasteiger partial charge in [0.05, 0.1) is 4.99 Å². The predicted molar refractivity (Wildman–Crippen MR) is 73.5 cm³/mol. The molecule has 1 rings (SSSR count). The summed E-state index contributed by atoms with van der Waals surface area (Å²) in [7, 11) is 0. The molecular weight excluding hydrogens is 251 g/mol. The molecule has 0 atom stereocenters. The third-order valence-corrected chi connectivity index (χ3v) is 2.77. The summed E-state index contributed by atoms with van der Waals surface area (Å²) in [6.07, 6.45) is 0.931. The minimum Gasteiger partial charge on any atom is -0.393 e. The Kier molecular flexibility index (Phi) is 5.71. The van der Waals surface area contributed by atoms with Crippen LogP contribution in [0.25, 0.3) is 0 Å². The van der Waals surface area contributed by atoms with Gasteiger partial charge in [-0.05, 0) is 17.7 Å². The Labute approximate surface area is 112 Å². The summed E-state index contributed by atoms with van der Waals surface area (Å²) in [6.45, 7) is 2.76. The molecule has 0 unspecified atom stereocenters. The van der Waals surface area contributed by atoms with E-state index in [2.05, 4.69) is 0 Å². The fourth-order valence-corrected chi connectivity index (χ4v) is 1.66. The zero-order chi connectivity index (χ0) is 13.5. The fourth-order valence-electron chi connectivity index (χ4n) is 1.57. The Morgan fingerprint density at radius 2 is 2.00 bits per heavy atom. The van der Waals surface area contributed by atoms with Gasteiger partial charge in [-0.1, -0.05) is 31.3 Å². The number of halogens is 1. The quantitative estimate of drug-likeness (QED) is 0.805. The molecule has 1 amide bonds. The largest absolute Gasteiger partial charge is 0.393 e. The second kappa shape index (κ2) is 7.06. The molecule has 0 saturated carbocycles. The molecule has 0 fully saturated rings. The van der Waals surface area contributed by atoms with E-state index in [1.54, 1.807) is 24.0 Å². The Morgan fingerprint density at radius 1 is 1.39 bits per heavy atom. The Hall–Kier alpha value is -1.49. The van der Waals surface area contributed by atoms with Crippen molar-refractivity contribution in [3.63, 3.8) is 0 Å². The van der Waals surface area contributed by atoms with Crippen LogP contribution in [0.2, 0.25) is 0 Å². The molecule has 0 aromatic heterocycles. The number of carbonyl (C=O) groups excluding carboxylic acids is 1. The molecule has 3 nitrogen and oxygen atoms in total. The van der Waals surface area contributed by atoms with Crippen LogP contribution in [0.1, 0.15) is 25.3 Å². The van der Waals surface area contributed by atoms with Gasteiger partial charge in [-0.15, -0.1) is 0 Å². The highest BCUT2D eigenvalue weighted by Crippen LogP contribution is 2.08. The first-order valence-corrected chi connectivity index (χ1v) is 6.24. The lowest BCUT2D eigenvalue weighted by Gasteiger charge is -2.22. The van der Waals surface area contributed by atoms with Gasteiger partial charge in [0.1, 0.15) is 5.82 Å². The molecule has 0 bridgehead atoms. The molecular formula is C13H17FN2OS. The van der Waals surface area contributed by atoms with Crippen molar-refractivity contribution in [2.24, 2.45) is 5.73 Å². The number of hydrogen-bond acceptors (Lipinski definition) is 2. The van der Waals surface area contributed by atoms with Gasteiger partial charge in [0.2, 0.25) is 5.91 Å². The van der Waals surface area contributed by atoms with Crippen LogP contribution in [0.3, 0.4) is 0 Å². The highest BCUT2D eigenvalue weighted by molar-refractivity contribution is 7.80. The lowest BCUT2D eigenvalue weighted by Crippen LogP contribution is -2.32. The zero-order valence-corrected chi connectivity index (χ0v) is 11.2. The number of carbonyl (C=O) groups is 1. The molecule has 98 valence electrons. The lowest BCUT2D eigenvalue weighted by atomic mass is 10.2. The minimum absolute atomic E-state index is 0.0376. The Morgan fingerprint density at radius 3 is 2.50 bits per heavy atom. The summed E-state index contributed by atoms with van der Waals surface area (Å²) in [5.74, 6) is -0.245. The average Bonchev–Trinajstić information content (AvgIpc) is 2.35. The van der Waals surface area contributed by atoms with Crippen LogP contribution in [-0.2, 0) is 11.3 Å². The van der Waals surface area contributed by atoms with Crippen LogP contribution in [-0.4, -0.2) is 22.3 Å². The monoisotopic (exact) mass is 268 g/mol. The molecule has 1 aromatic carbocycles. The van der Waals surface area contributed by atoms with Crippen molar-refractivity contribution in [1.82, 2.24) is 4.90 Å². The van der Waals surface area contributed by atoms with Gasteiger partial charge in [-0.2, -0.15) is 0 Å². The smallest absolute Gasteiger partial charge is 0.222 e. The first kappa shape index (κ1) is 14.6. The Bertz CT molecular complexity index is 420. The molecule has 5 heteroatoms. The van der Waals surface area contributed by atoms with Gasteiger partial charge >= 0.3 is 0 Å². The highest BCUT2D eigenvalue weighted by atomic mass is 32.1. The summed E-state index contributed by atoms with van der Waals surface area (Å²) in [5.41, 5.74) is 6.33. The van der Waals surface area contributed by atoms with Crippen molar-refractivity contribution in [2.75, 3.05) is 6.54 Å². The molecule has 18 heavy (non-hydrogen) atoms. The van der Waals surface area contributed by atoms with E-state index >= 15 is 0 Å². The first-order valence-electron chi connectivity index (χ1n) is 5.83. The van der Waals surface area contributed by atoms with Crippen molar-refractivity contribution < 1.29 is 9.18 Å². The van der Waals surface area contributed by atoms with Crippen LogP contribution < -0.4 is 5.73 Å². The second-order valence-electron chi connectivity index (χ2n) is 4.01. The van der Waals surface area contributed by atoms with Crippen molar-refractivity contribution in [3.05, 3.63) is 35.6 Å². The maximum Gasteiger partial charge on any atom is 0.222 e.